The summed E-state index contributed by atoms with van der Waals surface area (Å²) in [6.07, 6.45) is 0. The van der Waals surface area contributed by atoms with Crippen molar-refractivity contribution in [3.63, 3.8) is 0 Å². The molecule has 0 atom stereocenters. The van der Waals surface area contributed by atoms with Gasteiger partial charge in [-0.15, -0.1) is 0 Å². The van der Waals surface area contributed by atoms with E-state index in [0.717, 1.165) is 6.07 Å². The van der Waals surface area contributed by atoms with Crippen LogP contribution in [-0.2, 0) is 4.79 Å². The molecule has 1 aromatic rings. The molecular weight excluding hydrogens is 230 g/mol. The zero-order valence-corrected chi connectivity index (χ0v) is 8.30. The van der Waals surface area contributed by atoms with Gasteiger partial charge in [-0.25, -0.2) is 4.79 Å². The molecule has 86 valence electrons. The van der Waals surface area contributed by atoms with Crippen molar-refractivity contribution in [1.29, 1.82) is 0 Å². The minimum atomic E-state index is -1.36. The van der Waals surface area contributed by atoms with Crippen molar-refractivity contribution in [2.45, 2.75) is 0 Å². The fourth-order valence-corrected chi connectivity index (χ4v) is 1.30. The number of ether oxygens (including phenoxy) is 2. The molecule has 0 spiro atoms. The van der Waals surface area contributed by atoms with Gasteiger partial charge < -0.3 is 14.6 Å². The molecule has 0 unspecified atom stereocenters. The minimum Gasteiger partial charge on any atom is -0.472 e. The summed E-state index contributed by atoms with van der Waals surface area (Å²) >= 11 is 0. The summed E-state index contributed by atoms with van der Waals surface area (Å²) in [6, 6.07) is 2.45. The fraction of sp³-hybridized carbons (Fsp3) is 0.100. The van der Waals surface area contributed by atoms with E-state index in [1.165, 1.54) is 6.07 Å². The third kappa shape index (κ3) is 2.10. The molecule has 1 N–H and O–H groups in total. The van der Waals surface area contributed by atoms with E-state index in [4.69, 9.17) is 14.6 Å². The van der Waals surface area contributed by atoms with E-state index in [0.29, 0.717) is 5.75 Å². The SMILES string of the molecule is O=C(O)C#Cc1cc2c(cc1[N+](=O)[O-])OCO2. The highest BCUT2D eigenvalue weighted by Crippen LogP contribution is 2.37. The Bertz CT molecular complexity index is 568. The van der Waals surface area contributed by atoms with Crippen molar-refractivity contribution in [3.05, 3.63) is 27.8 Å². The lowest BCUT2D eigenvalue weighted by Crippen LogP contribution is -1.94. The number of fused-ring (bicyclic) bond motifs is 1. The molecule has 17 heavy (non-hydrogen) atoms. The van der Waals surface area contributed by atoms with Crippen LogP contribution in [0.15, 0.2) is 12.1 Å². The van der Waals surface area contributed by atoms with Crippen LogP contribution in [0.25, 0.3) is 0 Å². The monoisotopic (exact) mass is 235 g/mol. The van der Waals surface area contributed by atoms with E-state index in [-0.39, 0.29) is 23.8 Å². The Morgan fingerprint density at radius 2 is 2.06 bits per heavy atom. The molecule has 0 amide bonds. The average molecular weight is 235 g/mol. The van der Waals surface area contributed by atoms with E-state index in [9.17, 15) is 14.9 Å². The number of carboxylic acid groups (broad SMARTS) is 1. The number of hydrogen-bond acceptors (Lipinski definition) is 5. The molecule has 2 rings (SSSR count). The normalized spacial score (nSPS) is 11.5. The maximum atomic E-state index is 10.8. The van der Waals surface area contributed by atoms with Crippen LogP contribution in [0.5, 0.6) is 11.5 Å². The first-order valence-corrected chi connectivity index (χ1v) is 4.41. The first-order chi connectivity index (χ1) is 8.08. The topological polar surface area (TPSA) is 98.9 Å². The highest BCUT2D eigenvalue weighted by Gasteiger charge is 2.22. The largest absolute Gasteiger partial charge is 0.472 e. The molecule has 1 aliphatic heterocycles. The van der Waals surface area contributed by atoms with Crippen LogP contribution >= 0.6 is 0 Å². The van der Waals surface area contributed by atoms with Gasteiger partial charge in [0.2, 0.25) is 6.79 Å². The van der Waals surface area contributed by atoms with Gasteiger partial charge in [-0.05, 0) is 5.92 Å². The number of aliphatic carboxylic acids is 1. The van der Waals surface area contributed by atoms with E-state index in [1.54, 1.807) is 0 Å². The first kappa shape index (κ1) is 10.8. The number of carbonyl (C=O) groups is 1. The zero-order valence-electron chi connectivity index (χ0n) is 8.30. The maximum Gasteiger partial charge on any atom is 0.382 e. The molecule has 7 nitrogen and oxygen atoms in total. The Morgan fingerprint density at radius 1 is 1.41 bits per heavy atom. The van der Waals surface area contributed by atoms with Gasteiger partial charge >= 0.3 is 5.97 Å². The average Bonchev–Trinajstić information content (AvgIpc) is 2.71. The molecule has 0 radical (unpaired) electrons. The molecule has 1 aromatic carbocycles. The number of nitro groups is 1. The van der Waals surface area contributed by atoms with Crippen LogP contribution < -0.4 is 9.47 Å². The van der Waals surface area contributed by atoms with E-state index >= 15 is 0 Å². The lowest BCUT2D eigenvalue weighted by molar-refractivity contribution is -0.385. The van der Waals surface area contributed by atoms with E-state index < -0.39 is 10.9 Å². The van der Waals surface area contributed by atoms with Gasteiger partial charge in [0.25, 0.3) is 5.69 Å². The number of nitro benzene ring substituents is 1. The van der Waals surface area contributed by atoms with Gasteiger partial charge in [-0.2, -0.15) is 0 Å². The quantitative estimate of drug-likeness (QED) is 0.438. The highest BCUT2D eigenvalue weighted by atomic mass is 16.7. The van der Waals surface area contributed by atoms with Crippen LogP contribution in [0.2, 0.25) is 0 Å². The van der Waals surface area contributed by atoms with Crippen molar-refractivity contribution >= 4 is 11.7 Å². The van der Waals surface area contributed by atoms with E-state index in [1.807, 2.05) is 5.92 Å². The van der Waals surface area contributed by atoms with Crippen LogP contribution in [0, 0.1) is 22.0 Å². The maximum absolute atomic E-state index is 10.8. The Labute approximate surface area is 94.7 Å². The molecule has 7 heteroatoms. The third-order valence-corrected chi connectivity index (χ3v) is 1.99. The van der Waals surface area contributed by atoms with Gasteiger partial charge in [0.15, 0.2) is 11.5 Å². The lowest BCUT2D eigenvalue weighted by Gasteiger charge is -1.98. The molecule has 0 aliphatic carbocycles. The Hall–Kier alpha value is -2.75. The van der Waals surface area contributed by atoms with Crippen LogP contribution in [0.3, 0.4) is 0 Å². The van der Waals surface area contributed by atoms with Gasteiger partial charge in [0.1, 0.15) is 5.56 Å². The summed E-state index contributed by atoms with van der Waals surface area (Å²) in [7, 11) is 0. The van der Waals surface area contributed by atoms with Crippen molar-refractivity contribution in [2.24, 2.45) is 0 Å². The predicted octanol–water partition coefficient (Wildman–Crippen LogP) is 0.760. The van der Waals surface area contributed by atoms with Gasteiger partial charge in [0.05, 0.1) is 11.0 Å². The van der Waals surface area contributed by atoms with E-state index in [2.05, 4.69) is 5.92 Å². The number of hydrogen-bond donors (Lipinski definition) is 1. The van der Waals surface area contributed by atoms with Crippen molar-refractivity contribution < 1.29 is 24.3 Å². The van der Waals surface area contributed by atoms with Crippen molar-refractivity contribution in [1.82, 2.24) is 0 Å². The summed E-state index contributed by atoms with van der Waals surface area (Å²) < 4.78 is 10.00. The number of carboxylic acids is 1. The Balaban J connectivity index is 2.54. The first-order valence-electron chi connectivity index (χ1n) is 4.41. The molecule has 0 fully saturated rings. The zero-order chi connectivity index (χ0) is 12.4. The second-order valence-corrected chi connectivity index (χ2v) is 3.03. The third-order valence-electron chi connectivity index (χ3n) is 1.99. The highest BCUT2D eigenvalue weighted by molar-refractivity contribution is 5.87. The minimum absolute atomic E-state index is 0.0255. The molecule has 1 heterocycles. The molecule has 0 bridgehead atoms. The second kappa shape index (κ2) is 4.02. The Morgan fingerprint density at radius 3 is 2.65 bits per heavy atom. The van der Waals surface area contributed by atoms with Crippen molar-refractivity contribution in [3.8, 4) is 23.3 Å². The van der Waals surface area contributed by atoms with Crippen molar-refractivity contribution in [2.75, 3.05) is 6.79 Å². The van der Waals surface area contributed by atoms with Crippen LogP contribution in [-0.4, -0.2) is 22.8 Å². The van der Waals surface area contributed by atoms with Gasteiger partial charge in [0, 0.05) is 12.0 Å². The summed E-state index contributed by atoms with van der Waals surface area (Å²) in [5.41, 5.74) is -0.343. The summed E-state index contributed by atoms with van der Waals surface area (Å²) in [4.78, 5) is 20.4. The molecule has 1 aliphatic rings. The van der Waals surface area contributed by atoms with Crippen LogP contribution in [0.4, 0.5) is 5.69 Å². The lowest BCUT2D eigenvalue weighted by atomic mass is 10.1. The molecule has 0 saturated heterocycles. The standard InChI is InChI=1S/C10H5NO6/c12-10(13)2-1-6-3-8-9(17-5-16-8)4-7(6)11(14)15/h3-4H,5H2,(H,12,13). The Kier molecular flexibility index (Phi) is 2.54. The molecule has 0 saturated carbocycles. The molecule has 0 aromatic heterocycles. The summed E-state index contributed by atoms with van der Waals surface area (Å²) in [5, 5.41) is 19.2. The second-order valence-electron chi connectivity index (χ2n) is 3.03. The summed E-state index contributed by atoms with van der Waals surface area (Å²) in [5.74, 6) is 3.21. The smallest absolute Gasteiger partial charge is 0.382 e. The predicted molar refractivity (Wildman–Crippen MR) is 53.7 cm³/mol. The number of rotatable bonds is 1. The van der Waals surface area contributed by atoms with Gasteiger partial charge in [-0.3, -0.25) is 10.1 Å². The van der Waals surface area contributed by atoms with Crippen LogP contribution in [0.1, 0.15) is 5.56 Å². The molecular formula is C10H5NO6. The number of benzene rings is 1. The number of nitrogens with zero attached hydrogens (tertiary/aromatic N) is 1. The summed E-state index contributed by atoms with van der Waals surface area (Å²) in [6.45, 7) is -0.0255. The van der Waals surface area contributed by atoms with Gasteiger partial charge in [-0.1, -0.05) is 0 Å². The fourth-order valence-electron chi connectivity index (χ4n) is 1.30.